The third-order valence-corrected chi connectivity index (χ3v) is 5.85. The van der Waals surface area contributed by atoms with Crippen LogP contribution in [0.2, 0.25) is 0 Å². The van der Waals surface area contributed by atoms with Crippen LogP contribution in [-0.4, -0.2) is 4.92 Å². The minimum atomic E-state index is -0.371. The van der Waals surface area contributed by atoms with Gasteiger partial charge in [0.1, 0.15) is 0 Å². The summed E-state index contributed by atoms with van der Waals surface area (Å²) in [6, 6.07) is 41.9. The Hall–Kier alpha value is -4.83. The van der Waals surface area contributed by atoms with Crippen molar-refractivity contribution >= 4 is 18.0 Å². The highest BCUT2D eigenvalue weighted by atomic mass is 16.6. The molecule has 0 saturated carbocycles. The number of hydrogen-bond acceptors (Lipinski definition) is 2. The zero-order valence-corrected chi connectivity index (χ0v) is 19.0. The van der Waals surface area contributed by atoms with E-state index < -0.39 is 0 Å². The average Bonchev–Trinajstić information content (AvgIpc) is 2.93. The molecule has 4 aromatic carbocycles. The van der Waals surface area contributed by atoms with Crippen molar-refractivity contribution in [3.63, 3.8) is 0 Å². The SMILES string of the molecule is O=[N+]([O-])c1cccc(C=C[n+]2c(-c3ccccc3)cc(-c3ccccc3)cc2-c2ccccc2)c1. The predicted molar refractivity (Wildman–Crippen MR) is 141 cm³/mol. The van der Waals surface area contributed by atoms with Crippen molar-refractivity contribution in [1.29, 1.82) is 0 Å². The standard InChI is InChI=1S/C31H23N2O2/c34-33(35)29-18-10-11-24(21-29)19-20-32-30(26-14-6-2-7-15-26)22-28(25-12-4-1-5-13-25)23-31(32)27-16-8-3-9-17-27/h1-23H/q+1. The summed E-state index contributed by atoms with van der Waals surface area (Å²) in [7, 11) is 0. The lowest BCUT2D eigenvalue weighted by Gasteiger charge is -2.10. The fraction of sp³-hybridized carbons (Fsp3) is 0. The van der Waals surface area contributed by atoms with Gasteiger partial charge in [-0.3, -0.25) is 10.1 Å². The minimum absolute atomic E-state index is 0.0724. The van der Waals surface area contributed by atoms with Crippen molar-refractivity contribution in [2.24, 2.45) is 0 Å². The van der Waals surface area contributed by atoms with Gasteiger partial charge in [-0.15, -0.1) is 0 Å². The monoisotopic (exact) mass is 455 g/mol. The molecule has 168 valence electrons. The van der Waals surface area contributed by atoms with E-state index in [1.165, 1.54) is 6.07 Å². The molecule has 0 saturated heterocycles. The summed E-state index contributed by atoms with van der Waals surface area (Å²) < 4.78 is 2.15. The first-order valence-corrected chi connectivity index (χ1v) is 11.4. The normalized spacial score (nSPS) is 11.0. The summed E-state index contributed by atoms with van der Waals surface area (Å²) in [6.45, 7) is 0. The van der Waals surface area contributed by atoms with Gasteiger partial charge in [0.15, 0.2) is 6.20 Å². The smallest absolute Gasteiger partial charge is 0.258 e. The molecule has 0 N–H and O–H groups in total. The van der Waals surface area contributed by atoms with Crippen LogP contribution in [0.3, 0.4) is 0 Å². The van der Waals surface area contributed by atoms with Crippen molar-refractivity contribution in [2.75, 3.05) is 0 Å². The van der Waals surface area contributed by atoms with Crippen molar-refractivity contribution in [3.8, 4) is 33.6 Å². The van der Waals surface area contributed by atoms with Crippen LogP contribution < -0.4 is 4.57 Å². The van der Waals surface area contributed by atoms with Crippen molar-refractivity contribution < 1.29 is 9.49 Å². The maximum Gasteiger partial charge on any atom is 0.270 e. The minimum Gasteiger partial charge on any atom is -0.258 e. The summed E-state index contributed by atoms with van der Waals surface area (Å²) in [5.41, 5.74) is 7.28. The second-order valence-electron chi connectivity index (χ2n) is 8.15. The van der Waals surface area contributed by atoms with E-state index in [4.69, 9.17) is 0 Å². The summed E-state index contributed by atoms with van der Waals surface area (Å²) in [5, 5.41) is 11.3. The Morgan fingerprint density at radius 1 is 0.571 bits per heavy atom. The summed E-state index contributed by atoms with van der Waals surface area (Å²) in [6.07, 6.45) is 3.90. The van der Waals surface area contributed by atoms with E-state index in [1.807, 2.05) is 72.9 Å². The summed E-state index contributed by atoms with van der Waals surface area (Å²) >= 11 is 0. The topological polar surface area (TPSA) is 47.0 Å². The van der Waals surface area contributed by atoms with E-state index in [0.29, 0.717) is 0 Å². The Morgan fingerprint density at radius 2 is 1.09 bits per heavy atom. The molecule has 0 radical (unpaired) electrons. The fourth-order valence-corrected chi connectivity index (χ4v) is 4.13. The molecule has 4 heteroatoms. The third kappa shape index (κ3) is 4.92. The first-order chi connectivity index (χ1) is 17.2. The van der Waals surface area contributed by atoms with Crippen LogP contribution in [0.1, 0.15) is 5.56 Å². The van der Waals surface area contributed by atoms with Gasteiger partial charge >= 0.3 is 0 Å². The number of benzene rings is 4. The Kier molecular flexibility index (Phi) is 6.27. The molecule has 1 heterocycles. The van der Waals surface area contributed by atoms with Gasteiger partial charge in [-0.2, -0.15) is 4.57 Å². The maximum absolute atomic E-state index is 11.3. The van der Waals surface area contributed by atoms with Gasteiger partial charge in [-0.1, -0.05) is 78.9 Å². The number of hydrogen-bond donors (Lipinski definition) is 0. The molecule has 0 fully saturated rings. The first kappa shape index (κ1) is 22.0. The van der Waals surface area contributed by atoms with Crippen molar-refractivity contribution in [3.05, 3.63) is 143 Å². The van der Waals surface area contributed by atoms with Gasteiger partial charge in [0.25, 0.3) is 5.69 Å². The van der Waals surface area contributed by atoms with Crippen LogP contribution in [0.25, 0.3) is 45.9 Å². The average molecular weight is 456 g/mol. The quantitative estimate of drug-likeness (QED) is 0.151. The predicted octanol–water partition coefficient (Wildman–Crippen LogP) is 7.51. The van der Waals surface area contributed by atoms with E-state index >= 15 is 0 Å². The number of nitro groups is 1. The fourth-order valence-electron chi connectivity index (χ4n) is 4.13. The summed E-state index contributed by atoms with van der Waals surface area (Å²) in [4.78, 5) is 10.9. The Morgan fingerprint density at radius 3 is 1.60 bits per heavy atom. The molecule has 0 amide bonds. The third-order valence-electron chi connectivity index (χ3n) is 5.85. The molecule has 0 aliphatic carbocycles. The number of rotatable bonds is 6. The molecule has 0 bridgehead atoms. The number of nitro benzene ring substituents is 1. The molecule has 0 aliphatic rings. The number of pyridine rings is 1. The van der Waals surface area contributed by atoms with Crippen LogP contribution >= 0.6 is 0 Å². The molecule has 5 aromatic rings. The van der Waals surface area contributed by atoms with Crippen LogP contribution in [0.5, 0.6) is 0 Å². The molecule has 0 aliphatic heterocycles. The van der Waals surface area contributed by atoms with E-state index in [9.17, 15) is 10.1 Å². The molecule has 0 atom stereocenters. The lowest BCUT2D eigenvalue weighted by Crippen LogP contribution is -2.32. The van der Waals surface area contributed by atoms with E-state index in [-0.39, 0.29) is 10.6 Å². The molecule has 0 unspecified atom stereocenters. The van der Waals surface area contributed by atoms with Gasteiger partial charge in [0, 0.05) is 41.5 Å². The molecule has 5 rings (SSSR count). The highest BCUT2D eigenvalue weighted by Gasteiger charge is 2.21. The number of aromatic nitrogens is 1. The molecule has 0 spiro atoms. The van der Waals surface area contributed by atoms with Crippen LogP contribution in [0.15, 0.2) is 127 Å². The Labute approximate surface area is 204 Å². The number of non-ortho nitro benzene ring substituents is 1. The Bertz CT molecular complexity index is 1440. The molecule has 4 nitrogen and oxygen atoms in total. The second kappa shape index (κ2) is 9.98. The molecular formula is C31H23N2O2+. The lowest BCUT2D eigenvalue weighted by molar-refractivity contribution is -0.543. The molecule has 1 aromatic heterocycles. The summed E-state index contributed by atoms with van der Waals surface area (Å²) in [5.74, 6) is 0. The first-order valence-electron chi connectivity index (χ1n) is 11.4. The largest absolute Gasteiger partial charge is 0.270 e. The van der Waals surface area contributed by atoms with Crippen LogP contribution in [0, 0.1) is 10.1 Å². The van der Waals surface area contributed by atoms with Gasteiger partial charge in [-0.05, 0) is 41.0 Å². The van der Waals surface area contributed by atoms with Gasteiger partial charge < -0.3 is 0 Å². The van der Waals surface area contributed by atoms with Crippen LogP contribution in [-0.2, 0) is 0 Å². The second-order valence-corrected chi connectivity index (χ2v) is 8.15. The lowest BCUT2D eigenvalue weighted by atomic mass is 9.99. The zero-order valence-electron chi connectivity index (χ0n) is 19.0. The Balaban J connectivity index is 1.75. The maximum atomic E-state index is 11.3. The van der Waals surface area contributed by atoms with Gasteiger partial charge in [0.05, 0.1) is 4.92 Å². The zero-order chi connectivity index (χ0) is 24.0. The van der Waals surface area contributed by atoms with Gasteiger partial charge in [-0.25, -0.2) is 0 Å². The van der Waals surface area contributed by atoms with E-state index in [2.05, 4.69) is 53.1 Å². The number of nitrogens with zero attached hydrogens (tertiary/aromatic N) is 2. The van der Waals surface area contributed by atoms with E-state index in [1.54, 1.807) is 12.1 Å². The van der Waals surface area contributed by atoms with Crippen molar-refractivity contribution in [2.45, 2.75) is 0 Å². The van der Waals surface area contributed by atoms with Gasteiger partial charge in [0.2, 0.25) is 11.4 Å². The highest BCUT2D eigenvalue weighted by molar-refractivity contribution is 5.75. The molecular weight excluding hydrogens is 432 g/mol. The van der Waals surface area contributed by atoms with E-state index in [0.717, 1.165) is 39.2 Å². The van der Waals surface area contributed by atoms with Crippen LogP contribution in [0.4, 0.5) is 5.69 Å². The van der Waals surface area contributed by atoms with Crippen molar-refractivity contribution in [1.82, 2.24) is 0 Å². The molecule has 35 heavy (non-hydrogen) atoms. The highest BCUT2D eigenvalue weighted by Crippen LogP contribution is 2.29.